The van der Waals surface area contributed by atoms with E-state index in [1.807, 2.05) is 0 Å². The summed E-state index contributed by atoms with van der Waals surface area (Å²) in [6.07, 6.45) is -0.707. The molecule has 6 nitrogen and oxygen atoms in total. The Labute approximate surface area is 157 Å². The lowest BCUT2D eigenvalue weighted by molar-refractivity contribution is -0.137. The van der Waals surface area contributed by atoms with Crippen LogP contribution in [0.3, 0.4) is 0 Å². The fourth-order valence-corrected chi connectivity index (χ4v) is 2.27. The molecule has 0 unspecified atom stereocenters. The standard InChI is InChI=1S/C17H14ClF3N4O2/c1-10(24-9-15(26)14-8-22-4-5-23-14)6-16(27)25-11-2-3-13(18)12(7-11)17(19,20)21/h2-5,7-8H,6,9H2,1H3,(H,25,27). The highest BCUT2D eigenvalue weighted by Gasteiger charge is 2.33. The van der Waals surface area contributed by atoms with Gasteiger partial charge < -0.3 is 5.32 Å². The lowest BCUT2D eigenvalue weighted by Crippen LogP contribution is -2.17. The molecule has 1 N–H and O–H groups in total. The maximum atomic E-state index is 12.8. The first-order valence-corrected chi connectivity index (χ1v) is 8.00. The Morgan fingerprint density at radius 2 is 2.00 bits per heavy atom. The number of nitrogens with one attached hydrogen (secondary N) is 1. The average Bonchev–Trinajstić information content (AvgIpc) is 2.61. The summed E-state index contributed by atoms with van der Waals surface area (Å²) in [5.74, 6) is -0.936. The summed E-state index contributed by atoms with van der Waals surface area (Å²) in [7, 11) is 0. The lowest BCUT2D eigenvalue weighted by Gasteiger charge is -2.11. The van der Waals surface area contributed by atoms with Crippen LogP contribution in [0, 0.1) is 0 Å². The SMILES string of the molecule is CC(CC(=O)Nc1ccc(Cl)c(C(F)(F)F)c1)=NCC(=O)c1cnccn1. The van der Waals surface area contributed by atoms with Gasteiger partial charge in [0.25, 0.3) is 0 Å². The molecule has 0 aliphatic heterocycles. The van der Waals surface area contributed by atoms with Gasteiger partial charge in [0.2, 0.25) is 11.7 Å². The Hall–Kier alpha value is -2.81. The second-order valence-corrected chi connectivity index (χ2v) is 5.89. The smallest absolute Gasteiger partial charge is 0.326 e. The molecule has 0 fully saturated rings. The van der Waals surface area contributed by atoms with E-state index in [1.54, 1.807) is 0 Å². The van der Waals surface area contributed by atoms with Crippen molar-refractivity contribution in [2.75, 3.05) is 11.9 Å². The minimum atomic E-state index is -4.63. The van der Waals surface area contributed by atoms with Crippen LogP contribution in [0.1, 0.15) is 29.4 Å². The topological polar surface area (TPSA) is 84.3 Å². The van der Waals surface area contributed by atoms with E-state index in [1.165, 1.54) is 31.6 Å². The van der Waals surface area contributed by atoms with Gasteiger partial charge in [0, 0.05) is 23.8 Å². The van der Waals surface area contributed by atoms with E-state index in [9.17, 15) is 22.8 Å². The third-order valence-electron chi connectivity index (χ3n) is 3.31. The molecule has 1 aromatic heterocycles. The molecule has 0 saturated carbocycles. The average molecular weight is 399 g/mol. The second-order valence-electron chi connectivity index (χ2n) is 5.48. The van der Waals surface area contributed by atoms with Crippen molar-refractivity contribution >= 4 is 34.7 Å². The van der Waals surface area contributed by atoms with Crippen molar-refractivity contribution in [1.29, 1.82) is 0 Å². The highest BCUT2D eigenvalue weighted by Crippen LogP contribution is 2.36. The van der Waals surface area contributed by atoms with Crippen molar-refractivity contribution < 1.29 is 22.8 Å². The number of rotatable bonds is 6. The van der Waals surface area contributed by atoms with Crippen LogP contribution >= 0.6 is 11.6 Å². The zero-order valence-corrected chi connectivity index (χ0v) is 14.8. The molecule has 142 valence electrons. The van der Waals surface area contributed by atoms with Crippen molar-refractivity contribution in [3.63, 3.8) is 0 Å². The Morgan fingerprint density at radius 1 is 1.26 bits per heavy atom. The van der Waals surface area contributed by atoms with Crippen molar-refractivity contribution in [1.82, 2.24) is 9.97 Å². The van der Waals surface area contributed by atoms with Crippen molar-refractivity contribution in [2.24, 2.45) is 4.99 Å². The fraction of sp³-hybridized carbons (Fsp3) is 0.235. The zero-order chi connectivity index (χ0) is 20.0. The van der Waals surface area contributed by atoms with E-state index in [-0.39, 0.29) is 30.1 Å². The number of aliphatic imine (C=N–C) groups is 1. The molecule has 27 heavy (non-hydrogen) atoms. The number of alkyl halides is 3. The monoisotopic (exact) mass is 398 g/mol. The van der Waals surface area contributed by atoms with Gasteiger partial charge in [0.05, 0.1) is 23.2 Å². The number of ketones is 1. The normalized spacial score (nSPS) is 12.0. The quantitative estimate of drug-likeness (QED) is 0.592. The van der Waals surface area contributed by atoms with Gasteiger partial charge in [-0.2, -0.15) is 13.2 Å². The van der Waals surface area contributed by atoms with E-state index < -0.39 is 22.7 Å². The molecule has 0 atom stereocenters. The van der Waals surface area contributed by atoms with Crippen LogP contribution in [0.15, 0.2) is 41.8 Å². The molecule has 0 aliphatic carbocycles. The van der Waals surface area contributed by atoms with E-state index in [0.717, 1.165) is 12.1 Å². The van der Waals surface area contributed by atoms with Gasteiger partial charge in [-0.1, -0.05) is 11.6 Å². The first-order valence-electron chi connectivity index (χ1n) is 7.62. The molecule has 0 spiro atoms. The Morgan fingerprint density at radius 3 is 2.63 bits per heavy atom. The van der Waals surface area contributed by atoms with E-state index in [2.05, 4.69) is 20.3 Å². The van der Waals surface area contributed by atoms with E-state index in [4.69, 9.17) is 11.6 Å². The summed E-state index contributed by atoms with van der Waals surface area (Å²) < 4.78 is 38.5. The van der Waals surface area contributed by atoms with Gasteiger partial charge >= 0.3 is 6.18 Å². The number of halogens is 4. The number of anilines is 1. The summed E-state index contributed by atoms with van der Waals surface area (Å²) in [5.41, 5.74) is -0.587. The molecule has 0 aliphatic rings. The highest BCUT2D eigenvalue weighted by atomic mass is 35.5. The van der Waals surface area contributed by atoms with Crippen LogP contribution in [0.4, 0.5) is 18.9 Å². The van der Waals surface area contributed by atoms with E-state index >= 15 is 0 Å². The molecular formula is C17H14ClF3N4O2. The third-order valence-corrected chi connectivity index (χ3v) is 3.64. The lowest BCUT2D eigenvalue weighted by atomic mass is 10.2. The van der Waals surface area contributed by atoms with Gasteiger partial charge in [-0.3, -0.25) is 19.6 Å². The Balaban J connectivity index is 1.96. The molecular weight excluding hydrogens is 385 g/mol. The van der Waals surface area contributed by atoms with Crippen molar-refractivity contribution in [2.45, 2.75) is 19.5 Å². The number of carbonyl (C=O) groups is 2. The van der Waals surface area contributed by atoms with Gasteiger partial charge in [-0.25, -0.2) is 4.98 Å². The molecule has 0 radical (unpaired) electrons. The first kappa shape index (κ1) is 20.5. The molecule has 2 rings (SSSR count). The van der Waals surface area contributed by atoms with Crippen molar-refractivity contribution in [3.8, 4) is 0 Å². The Kier molecular flexibility index (Phi) is 6.62. The van der Waals surface area contributed by atoms with Gasteiger partial charge in [-0.05, 0) is 25.1 Å². The number of hydrogen-bond donors (Lipinski definition) is 1. The minimum absolute atomic E-state index is 0.0415. The number of benzene rings is 1. The summed E-state index contributed by atoms with van der Waals surface area (Å²) >= 11 is 5.53. The number of aromatic nitrogens is 2. The Bertz CT molecular complexity index is 870. The minimum Gasteiger partial charge on any atom is -0.326 e. The van der Waals surface area contributed by atoms with Gasteiger partial charge in [0.15, 0.2) is 0 Å². The molecule has 1 amide bonds. The third kappa shape index (κ3) is 6.14. The van der Waals surface area contributed by atoms with Crippen molar-refractivity contribution in [3.05, 3.63) is 53.1 Å². The number of carbonyl (C=O) groups excluding carboxylic acids is 2. The molecule has 0 bridgehead atoms. The number of amides is 1. The molecule has 1 heterocycles. The number of nitrogens with zero attached hydrogens (tertiary/aromatic N) is 3. The first-order chi connectivity index (χ1) is 12.7. The second kappa shape index (κ2) is 8.72. The summed E-state index contributed by atoms with van der Waals surface area (Å²) in [4.78, 5) is 35.4. The molecule has 0 saturated heterocycles. The summed E-state index contributed by atoms with van der Waals surface area (Å²) in [5, 5.41) is 1.89. The summed E-state index contributed by atoms with van der Waals surface area (Å²) in [6.45, 7) is 1.32. The van der Waals surface area contributed by atoms with Crippen LogP contribution in [0.5, 0.6) is 0 Å². The van der Waals surface area contributed by atoms with Crippen LogP contribution in [-0.2, 0) is 11.0 Å². The van der Waals surface area contributed by atoms with Crippen LogP contribution in [0.2, 0.25) is 5.02 Å². The van der Waals surface area contributed by atoms with E-state index in [0.29, 0.717) is 5.71 Å². The fourth-order valence-electron chi connectivity index (χ4n) is 2.04. The number of Topliss-reactive ketones (excluding diaryl/α,β-unsaturated/α-hetero) is 1. The van der Waals surface area contributed by atoms with Gasteiger partial charge in [-0.15, -0.1) is 0 Å². The van der Waals surface area contributed by atoms with Crippen LogP contribution in [-0.4, -0.2) is 33.9 Å². The summed E-state index contributed by atoms with van der Waals surface area (Å²) in [6, 6.07) is 3.07. The number of hydrogen-bond acceptors (Lipinski definition) is 5. The van der Waals surface area contributed by atoms with Gasteiger partial charge in [0.1, 0.15) is 12.2 Å². The largest absolute Gasteiger partial charge is 0.417 e. The van der Waals surface area contributed by atoms with Crippen LogP contribution < -0.4 is 5.32 Å². The molecule has 2 aromatic rings. The highest BCUT2D eigenvalue weighted by molar-refractivity contribution is 6.31. The predicted molar refractivity (Wildman–Crippen MR) is 94.0 cm³/mol. The maximum absolute atomic E-state index is 12.8. The predicted octanol–water partition coefficient (Wildman–Crippen LogP) is 3.82. The maximum Gasteiger partial charge on any atom is 0.417 e. The van der Waals surface area contributed by atoms with Crippen LogP contribution in [0.25, 0.3) is 0 Å². The molecule has 10 heteroatoms. The molecule has 1 aromatic carbocycles. The zero-order valence-electron chi connectivity index (χ0n) is 14.0.